The van der Waals surface area contributed by atoms with E-state index in [9.17, 15) is 5.11 Å². The monoisotopic (exact) mass is 1470 g/mol. The van der Waals surface area contributed by atoms with E-state index in [2.05, 4.69) is 6.58 Å². The van der Waals surface area contributed by atoms with Gasteiger partial charge in [-0.1, -0.05) is 285 Å². The Labute approximate surface area is 636 Å². The maximum absolute atomic E-state index is 15.3. The third kappa shape index (κ3) is 21.6. The summed E-state index contributed by atoms with van der Waals surface area (Å²) in [5.74, 6) is -1.45. The Morgan fingerprint density at radius 3 is 0.826 bits per heavy atom. The summed E-state index contributed by atoms with van der Waals surface area (Å²) in [4.78, 5) is 30.3. The second-order valence-electron chi connectivity index (χ2n) is 26.9. The largest absolute Gasteiger partial charge is 0.450 e. The summed E-state index contributed by atoms with van der Waals surface area (Å²) in [5, 5.41) is 11.8. The number of rotatable bonds is 37. The highest BCUT2D eigenvalue weighted by Crippen LogP contribution is 2.42. The molecule has 109 heavy (non-hydrogen) atoms. The molecule has 1 N–H and O–H groups in total. The van der Waals surface area contributed by atoms with Crippen LogP contribution in [0.2, 0.25) is 0 Å². The predicted octanol–water partition coefficient (Wildman–Crippen LogP) is 14.5. The van der Waals surface area contributed by atoms with Gasteiger partial charge in [-0.3, -0.25) is 0 Å². The van der Waals surface area contributed by atoms with Gasteiger partial charge in [0, 0.05) is 0 Å². The molecule has 0 aromatic heterocycles. The first-order valence-corrected chi connectivity index (χ1v) is 37.0. The average Bonchev–Trinajstić information content (AvgIpc) is 0.747. The number of hydrogen-bond acceptors (Lipinski definition) is 18. The fourth-order valence-corrected chi connectivity index (χ4v) is 13.7. The number of aliphatic hydroxyl groups is 1. The van der Waals surface area contributed by atoms with Crippen LogP contribution < -0.4 is 0 Å². The maximum atomic E-state index is 15.3. The molecule has 0 amide bonds. The van der Waals surface area contributed by atoms with E-state index >= 15 is 9.59 Å². The number of ether oxygens (including phenoxy) is 15. The fourth-order valence-electron chi connectivity index (χ4n) is 13.7. The van der Waals surface area contributed by atoms with Gasteiger partial charge in [-0.05, 0) is 68.8 Å². The number of hydrogen-bond donors (Lipinski definition) is 1. The van der Waals surface area contributed by atoms with Crippen LogP contribution in [-0.4, -0.2) is 135 Å². The lowest BCUT2D eigenvalue weighted by Gasteiger charge is -2.53. The van der Waals surface area contributed by atoms with Gasteiger partial charge >= 0.3 is 11.9 Å². The van der Waals surface area contributed by atoms with Crippen LogP contribution in [0.15, 0.2) is 316 Å². The fraction of sp³-hybridized carbons (Fsp3) is 0.297. The van der Waals surface area contributed by atoms with Gasteiger partial charge in [0.1, 0.15) is 73.2 Å². The van der Waals surface area contributed by atoms with Crippen LogP contribution in [0.4, 0.5) is 0 Å². The molecule has 0 spiro atoms. The molecule has 13 rings (SSSR count). The molecule has 18 heteroatoms. The van der Waals surface area contributed by atoms with Gasteiger partial charge < -0.3 is 76.2 Å². The zero-order valence-electron chi connectivity index (χ0n) is 60.6. The van der Waals surface area contributed by atoms with E-state index in [1.807, 2.05) is 249 Å². The van der Waals surface area contributed by atoms with Crippen molar-refractivity contribution < 1.29 is 85.7 Å². The Hall–Kier alpha value is -9.68. The Morgan fingerprint density at radius 1 is 0.294 bits per heavy atom. The van der Waals surface area contributed by atoms with E-state index in [1.54, 1.807) is 60.7 Å². The molecule has 16 atom stereocenters. The van der Waals surface area contributed by atoms with Crippen LogP contribution in [0.25, 0.3) is 0 Å². The normalized spacial score (nSPS) is 24.7. The van der Waals surface area contributed by atoms with E-state index in [0.29, 0.717) is 0 Å². The Kier molecular flexibility index (Phi) is 28.9. The highest BCUT2D eigenvalue weighted by molar-refractivity contribution is 5.90. The first-order valence-electron chi connectivity index (χ1n) is 37.0. The minimum atomic E-state index is -1.64. The molecule has 0 radical (unpaired) electrons. The number of benzene rings is 10. The Balaban J connectivity index is 0.987. The number of carbonyl (C=O) groups is 2. The zero-order valence-corrected chi connectivity index (χ0v) is 60.6. The third-order valence-electron chi connectivity index (χ3n) is 19.2. The Bertz CT molecular complexity index is 4260. The van der Waals surface area contributed by atoms with E-state index in [1.165, 1.54) is 0 Å². The molecular formula is C91H92O18. The summed E-state index contributed by atoms with van der Waals surface area (Å²) in [6.07, 6.45) is -19.1. The minimum absolute atomic E-state index is 0.00000998. The van der Waals surface area contributed by atoms with Crippen LogP contribution in [0.5, 0.6) is 0 Å². The molecule has 2 saturated heterocycles. The van der Waals surface area contributed by atoms with E-state index < -0.39 is 117 Å². The zero-order chi connectivity index (χ0) is 74.6. The molecule has 1 aliphatic carbocycles. The van der Waals surface area contributed by atoms with Crippen LogP contribution in [0.1, 0.15) is 65.2 Å². The quantitative estimate of drug-likeness (QED) is 0.0285. The van der Waals surface area contributed by atoms with Gasteiger partial charge in [-0.25, -0.2) is 9.59 Å². The number of esters is 2. The lowest BCUT2D eigenvalue weighted by atomic mass is 9.83. The van der Waals surface area contributed by atoms with Gasteiger partial charge in [0.2, 0.25) is 0 Å². The molecular weight excluding hydrogens is 1380 g/mol. The summed E-state index contributed by atoms with van der Waals surface area (Å²) in [7, 11) is 0. The van der Waals surface area contributed by atoms with Crippen molar-refractivity contribution in [1.29, 1.82) is 0 Å². The van der Waals surface area contributed by atoms with Crippen LogP contribution >= 0.6 is 0 Å². The van der Waals surface area contributed by atoms with E-state index in [-0.39, 0.29) is 77.2 Å². The topological polar surface area (TPSA) is 193 Å². The molecule has 18 nitrogen and oxygen atoms in total. The predicted molar refractivity (Wildman–Crippen MR) is 407 cm³/mol. The summed E-state index contributed by atoms with van der Waals surface area (Å²) in [6, 6.07) is 94.6. The van der Waals surface area contributed by atoms with Crippen molar-refractivity contribution in [3.63, 3.8) is 0 Å². The number of aliphatic hydroxyl groups excluding tert-OH is 1. The van der Waals surface area contributed by atoms with Crippen LogP contribution in [0, 0.1) is 0 Å². The first-order chi connectivity index (χ1) is 53.8. The molecule has 0 unspecified atom stereocenters. The lowest BCUT2D eigenvalue weighted by Crippen LogP contribution is -2.71. The molecule has 2 aliphatic heterocycles. The highest BCUT2D eigenvalue weighted by Gasteiger charge is 2.61. The van der Waals surface area contributed by atoms with Crippen molar-refractivity contribution in [3.05, 3.63) is 372 Å². The molecule has 564 valence electrons. The molecule has 0 bridgehead atoms. The Morgan fingerprint density at radius 2 is 0.532 bits per heavy atom. The van der Waals surface area contributed by atoms with E-state index in [0.717, 1.165) is 44.5 Å². The first kappa shape index (κ1) is 77.5. The van der Waals surface area contributed by atoms with Crippen molar-refractivity contribution in [2.75, 3.05) is 19.8 Å². The van der Waals surface area contributed by atoms with Crippen molar-refractivity contribution in [2.45, 2.75) is 151 Å². The second kappa shape index (κ2) is 40.7. The minimum Gasteiger partial charge on any atom is -0.450 e. The van der Waals surface area contributed by atoms with Crippen molar-refractivity contribution in [1.82, 2.24) is 0 Å². The second-order valence-corrected chi connectivity index (χ2v) is 26.9. The molecule has 10 aromatic carbocycles. The van der Waals surface area contributed by atoms with Crippen LogP contribution in [-0.2, 0) is 124 Å². The van der Waals surface area contributed by atoms with Gasteiger partial charge in [0.25, 0.3) is 0 Å². The molecule has 3 fully saturated rings. The van der Waals surface area contributed by atoms with Crippen molar-refractivity contribution in [2.24, 2.45) is 0 Å². The molecule has 1 saturated carbocycles. The summed E-state index contributed by atoms with van der Waals surface area (Å²) >= 11 is 0. The van der Waals surface area contributed by atoms with Gasteiger partial charge in [-0.2, -0.15) is 0 Å². The highest BCUT2D eigenvalue weighted by atomic mass is 16.8. The third-order valence-corrected chi connectivity index (χ3v) is 19.2. The maximum Gasteiger partial charge on any atom is 0.338 e. The molecule has 10 aromatic rings. The van der Waals surface area contributed by atoms with Gasteiger partial charge in [0.15, 0.2) is 24.8 Å². The summed E-state index contributed by atoms with van der Waals surface area (Å²) in [6.45, 7) is 3.75. The molecule has 3 aliphatic rings. The smallest absolute Gasteiger partial charge is 0.338 e. The molecule has 2 heterocycles. The standard InChI is InChI=1S/C91H92O18/c1-2-53-96-83-84(108-90-86(106-88(93)72-49-29-11-30-50-72)78(99-58-67-39-19-6-20-40-67)76(74(54-92)104-90)97-56-65-35-15-4-16-36-65)81(102-61-70-45-25-9-26-46-70)80(101-60-69-43-23-8-24-44-69)82(103-62-71-47-27-10-28-48-71)85(83)109-91-87(107-89(94)73-51-31-12-32-52-73)79(100-59-68-41-21-7-22-42-68)77(98-57-66-37-17-5-18-38-66)75(105-91)63-95-55-64-33-13-3-14-34-64/h2-52,74-87,90-92H,1,53-63H2/t74-,75-,76-,77-,78+,79+,80+,81+,82-,83+,84-,85-,86+,87+,90-,91-/m1/s1. The summed E-state index contributed by atoms with van der Waals surface area (Å²) < 4.78 is 108. The van der Waals surface area contributed by atoms with E-state index in [4.69, 9.17) is 71.1 Å². The number of carbonyl (C=O) groups excluding carboxylic acids is 2. The summed E-state index contributed by atoms with van der Waals surface area (Å²) in [5.41, 5.74) is 7.08. The average molecular weight is 1470 g/mol. The van der Waals surface area contributed by atoms with Crippen molar-refractivity contribution >= 4 is 11.9 Å². The SMILES string of the molecule is C=CCO[C@@H]1[C@H](O[C@H]2O[C@H](COCc3ccccc3)[C@@H](OCc3ccccc3)[C@H](OCc3ccccc3)[C@@H]2OC(=O)c2ccccc2)[C@H](OCc2ccccc2)[C@@H](OCc2ccccc2)[C@H](OCc2ccccc2)[C@H]1O[C@H]1O[C@H](CO)[C@@H](OCc2ccccc2)[C@H](OCc2ccccc2)[C@@H]1OC(=O)c1ccccc1. The van der Waals surface area contributed by atoms with Gasteiger partial charge in [0.05, 0.1) is 83.8 Å². The van der Waals surface area contributed by atoms with Crippen LogP contribution in [0.3, 0.4) is 0 Å². The van der Waals surface area contributed by atoms with Crippen molar-refractivity contribution in [3.8, 4) is 0 Å². The lowest BCUT2D eigenvalue weighted by molar-refractivity contribution is -0.377. The van der Waals surface area contributed by atoms with Gasteiger partial charge in [-0.15, -0.1) is 6.58 Å².